The molecule has 3 nitrogen and oxygen atoms in total. The molecule has 0 spiro atoms. The van der Waals surface area contributed by atoms with Crippen molar-refractivity contribution < 1.29 is 5.11 Å². The number of aryl methyl sites for hydroxylation is 1. The number of benzene rings is 2. The van der Waals surface area contributed by atoms with E-state index in [0.717, 1.165) is 28.9 Å². The third-order valence-corrected chi connectivity index (χ3v) is 4.59. The summed E-state index contributed by atoms with van der Waals surface area (Å²) in [4.78, 5) is 4.69. The van der Waals surface area contributed by atoms with Crippen molar-refractivity contribution in [2.75, 3.05) is 6.61 Å². The van der Waals surface area contributed by atoms with Crippen LogP contribution in [-0.4, -0.2) is 22.7 Å². The molecule has 3 rings (SSSR count). The lowest BCUT2D eigenvalue weighted by molar-refractivity contribution is 0.260. The topological polar surface area (TPSA) is 59.1 Å². The Hall–Kier alpha value is -1.75. The molecule has 0 saturated carbocycles. The first-order chi connectivity index (χ1) is 10.3. The Labute approximate surface area is 128 Å². The Bertz CT molecular complexity index is 705. The van der Waals surface area contributed by atoms with E-state index in [9.17, 15) is 0 Å². The maximum absolute atomic E-state index is 8.99. The van der Waals surface area contributed by atoms with E-state index in [4.69, 9.17) is 10.8 Å². The SMILES string of the molecule is NC(CO)CCc1cccc(-c2nc3ccccc3s2)c1. The minimum atomic E-state index is -0.142. The smallest absolute Gasteiger partial charge is 0.124 e. The first kappa shape index (κ1) is 14.2. The van der Waals surface area contributed by atoms with E-state index in [0.29, 0.717) is 0 Å². The fraction of sp³-hybridized carbons (Fsp3) is 0.235. The van der Waals surface area contributed by atoms with Crippen LogP contribution in [0.3, 0.4) is 0 Å². The zero-order valence-electron chi connectivity index (χ0n) is 11.7. The maximum Gasteiger partial charge on any atom is 0.124 e. The fourth-order valence-electron chi connectivity index (χ4n) is 2.30. The number of nitrogens with zero attached hydrogens (tertiary/aromatic N) is 1. The average molecular weight is 298 g/mol. The summed E-state index contributed by atoms with van der Waals surface area (Å²) in [5.74, 6) is 0. The summed E-state index contributed by atoms with van der Waals surface area (Å²) < 4.78 is 1.21. The zero-order valence-corrected chi connectivity index (χ0v) is 12.5. The molecule has 0 radical (unpaired) electrons. The van der Waals surface area contributed by atoms with Crippen LogP contribution in [0.2, 0.25) is 0 Å². The predicted molar refractivity (Wildman–Crippen MR) is 88.4 cm³/mol. The number of fused-ring (bicyclic) bond motifs is 1. The van der Waals surface area contributed by atoms with E-state index < -0.39 is 0 Å². The quantitative estimate of drug-likeness (QED) is 0.760. The van der Waals surface area contributed by atoms with Gasteiger partial charge in [0.15, 0.2) is 0 Å². The minimum absolute atomic E-state index is 0.0392. The van der Waals surface area contributed by atoms with Gasteiger partial charge in [0.2, 0.25) is 0 Å². The number of rotatable bonds is 5. The highest BCUT2D eigenvalue weighted by Gasteiger charge is 2.07. The Morgan fingerprint density at radius 1 is 1.14 bits per heavy atom. The van der Waals surface area contributed by atoms with Crippen LogP contribution < -0.4 is 5.73 Å². The zero-order chi connectivity index (χ0) is 14.7. The van der Waals surface area contributed by atoms with Crippen LogP contribution in [0, 0.1) is 0 Å². The van der Waals surface area contributed by atoms with Gasteiger partial charge in [0.05, 0.1) is 16.8 Å². The molecule has 0 aliphatic heterocycles. The molecule has 4 heteroatoms. The van der Waals surface area contributed by atoms with Crippen molar-refractivity contribution in [3.05, 3.63) is 54.1 Å². The number of aliphatic hydroxyl groups excluding tert-OH is 1. The van der Waals surface area contributed by atoms with Gasteiger partial charge in [-0.25, -0.2) is 4.98 Å². The van der Waals surface area contributed by atoms with E-state index in [-0.39, 0.29) is 12.6 Å². The lowest BCUT2D eigenvalue weighted by atomic mass is 10.0. The second kappa shape index (κ2) is 6.35. The monoisotopic (exact) mass is 298 g/mol. The molecule has 1 unspecified atom stereocenters. The number of aliphatic hydroxyl groups is 1. The molecule has 3 N–H and O–H groups in total. The van der Waals surface area contributed by atoms with Crippen molar-refractivity contribution in [2.45, 2.75) is 18.9 Å². The van der Waals surface area contributed by atoms with Gasteiger partial charge in [0.25, 0.3) is 0 Å². The van der Waals surface area contributed by atoms with Gasteiger partial charge in [-0.3, -0.25) is 0 Å². The van der Waals surface area contributed by atoms with Crippen LogP contribution in [0.1, 0.15) is 12.0 Å². The lowest BCUT2D eigenvalue weighted by Gasteiger charge is -2.08. The van der Waals surface area contributed by atoms with Gasteiger partial charge in [-0.1, -0.05) is 30.3 Å². The summed E-state index contributed by atoms with van der Waals surface area (Å²) in [5, 5.41) is 10.0. The summed E-state index contributed by atoms with van der Waals surface area (Å²) in [6.45, 7) is 0.0392. The first-order valence-corrected chi connectivity index (χ1v) is 7.89. The van der Waals surface area contributed by atoms with Gasteiger partial charge in [-0.05, 0) is 36.6 Å². The lowest BCUT2D eigenvalue weighted by Crippen LogP contribution is -2.24. The number of hydrogen-bond donors (Lipinski definition) is 2. The number of aromatic nitrogens is 1. The molecular formula is C17H18N2OS. The molecule has 1 aromatic heterocycles. The number of nitrogens with two attached hydrogens (primary N) is 1. The van der Waals surface area contributed by atoms with Crippen molar-refractivity contribution in [3.8, 4) is 10.6 Å². The van der Waals surface area contributed by atoms with Crippen molar-refractivity contribution >= 4 is 21.6 Å². The standard InChI is InChI=1S/C17H18N2OS/c18-14(11-20)9-8-12-4-3-5-13(10-12)17-19-15-6-1-2-7-16(15)21-17/h1-7,10,14,20H,8-9,11,18H2. The van der Waals surface area contributed by atoms with E-state index in [1.165, 1.54) is 10.3 Å². The molecule has 0 aliphatic rings. The molecule has 21 heavy (non-hydrogen) atoms. The van der Waals surface area contributed by atoms with Crippen LogP contribution in [0.15, 0.2) is 48.5 Å². The summed E-state index contributed by atoms with van der Waals surface area (Å²) in [6.07, 6.45) is 1.67. The van der Waals surface area contributed by atoms with Crippen LogP contribution in [0.5, 0.6) is 0 Å². The van der Waals surface area contributed by atoms with Crippen molar-refractivity contribution in [3.63, 3.8) is 0 Å². The van der Waals surface area contributed by atoms with Gasteiger partial charge in [0, 0.05) is 11.6 Å². The van der Waals surface area contributed by atoms with Gasteiger partial charge in [0.1, 0.15) is 5.01 Å². The van der Waals surface area contributed by atoms with E-state index in [1.807, 2.05) is 18.2 Å². The highest BCUT2D eigenvalue weighted by atomic mass is 32.1. The van der Waals surface area contributed by atoms with E-state index in [1.54, 1.807) is 11.3 Å². The summed E-state index contributed by atoms with van der Waals surface area (Å²) in [6, 6.07) is 16.5. The molecule has 2 aromatic carbocycles. The predicted octanol–water partition coefficient (Wildman–Crippen LogP) is 3.22. The number of para-hydroxylation sites is 1. The Kier molecular flexibility index (Phi) is 4.29. The van der Waals surface area contributed by atoms with Gasteiger partial charge in [-0.15, -0.1) is 11.3 Å². The average Bonchev–Trinajstić information content (AvgIpc) is 2.97. The highest BCUT2D eigenvalue weighted by Crippen LogP contribution is 2.30. The number of thiazole rings is 1. The van der Waals surface area contributed by atoms with Gasteiger partial charge < -0.3 is 10.8 Å². The molecule has 0 saturated heterocycles. The first-order valence-electron chi connectivity index (χ1n) is 7.07. The number of hydrogen-bond acceptors (Lipinski definition) is 4. The van der Waals surface area contributed by atoms with Crippen LogP contribution >= 0.6 is 11.3 Å². The second-order valence-corrected chi connectivity index (χ2v) is 6.20. The maximum atomic E-state index is 8.99. The van der Waals surface area contributed by atoms with Crippen LogP contribution in [0.4, 0.5) is 0 Å². The Morgan fingerprint density at radius 3 is 2.81 bits per heavy atom. The normalized spacial score (nSPS) is 12.7. The molecule has 0 aliphatic carbocycles. The molecule has 1 atom stereocenters. The van der Waals surface area contributed by atoms with Crippen molar-refractivity contribution in [2.24, 2.45) is 5.73 Å². The van der Waals surface area contributed by atoms with E-state index >= 15 is 0 Å². The molecule has 0 amide bonds. The van der Waals surface area contributed by atoms with Gasteiger partial charge >= 0.3 is 0 Å². The van der Waals surface area contributed by atoms with Crippen LogP contribution in [0.25, 0.3) is 20.8 Å². The minimum Gasteiger partial charge on any atom is -0.395 e. The molecule has 3 aromatic rings. The Morgan fingerprint density at radius 2 is 2.00 bits per heavy atom. The second-order valence-electron chi connectivity index (χ2n) is 5.17. The highest BCUT2D eigenvalue weighted by molar-refractivity contribution is 7.21. The molecule has 108 valence electrons. The third-order valence-electron chi connectivity index (χ3n) is 3.51. The van der Waals surface area contributed by atoms with Gasteiger partial charge in [-0.2, -0.15) is 0 Å². The van der Waals surface area contributed by atoms with E-state index in [2.05, 4.69) is 35.3 Å². The molecule has 1 heterocycles. The summed E-state index contributed by atoms with van der Waals surface area (Å²) >= 11 is 1.71. The Balaban J connectivity index is 1.85. The fourth-order valence-corrected chi connectivity index (χ4v) is 3.26. The molecule has 0 bridgehead atoms. The molecule has 0 fully saturated rings. The molecular weight excluding hydrogens is 280 g/mol. The largest absolute Gasteiger partial charge is 0.395 e. The van der Waals surface area contributed by atoms with Crippen molar-refractivity contribution in [1.29, 1.82) is 0 Å². The third kappa shape index (κ3) is 3.29. The van der Waals surface area contributed by atoms with Crippen LogP contribution in [-0.2, 0) is 6.42 Å². The summed E-state index contributed by atoms with van der Waals surface area (Å²) in [5.41, 5.74) is 9.18. The van der Waals surface area contributed by atoms with Crippen molar-refractivity contribution in [1.82, 2.24) is 4.98 Å². The summed E-state index contributed by atoms with van der Waals surface area (Å²) in [7, 11) is 0.